The van der Waals surface area contributed by atoms with Gasteiger partial charge in [0.05, 0.1) is 17.2 Å². The van der Waals surface area contributed by atoms with Gasteiger partial charge in [0.25, 0.3) is 5.91 Å². The molecule has 1 aromatic heterocycles. The molecule has 2 heterocycles. The molecule has 1 unspecified atom stereocenters. The number of aromatic nitrogens is 2. The van der Waals surface area contributed by atoms with Crippen LogP contribution in [-0.4, -0.2) is 52.4 Å². The zero-order valence-electron chi connectivity index (χ0n) is 15.0. The summed E-state index contributed by atoms with van der Waals surface area (Å²) in [6.45, 7) is 1.45. The van der Waals surface area contributed by atoms with Crippen molar-refractivity contribution in [2.75, 3.05) is 19.6 Å². The number of fused-ring (bicyclic) bond motifs is 1. The minimum absolute atomic E-state index is 0. The fourth-order valence-corrected chi connectivity index (χ4v) is 3.14. The highest BCUT2D eigenvalue weighted by molar-refractivity contribution is 5.94. The van der Waals surface area contributed by atoms with Gasteiger partial charge >= 0.3 is 0 Å². The fraction of sp³-hybridized carbons (Fsp3) is 0.444. The molecule has 148 valence electrons. The highest BCUT2D eigenvalue weighted by atomic mass is 35.5. The van der Waals surface area contributed by atoms with Gasteiger partial charge in [-0.1, -0.05) is 12.1 Å². The van der Waals surface area contributed by atoms with Crippen molar-refractivity contribution in [1.29, 1.82) is 0 Å². The Morgan fingerprint density at radius 1 is 1.19 bits per heavy atom. The van der Waals surface area contributed by atoms with Crippen LogP contribution in [-0.2, 0) is 4.79 Å². The lowest BCUT2D eigenvalue weighted by Gasteiger charge is -2.35. The molecule has 0 spiro atoms. The number of halogens is 2. The normalized spacial score (nSPS) is 16.2. The summed E-state index contributed by atoms with van der Waals surface area (Å²) in [6, 6.07) is 7.47. The monoisotopic (exact) mass is 413 g/mol. The Morgan fingerprint density at radius 2 is 1.93 bits per heavy atom. The van der Waals surface area contributed by atoms with E-state index in [1.54, 1.807) is 0 Å². The Labute approximate surface area is 170 Å². The average molecular weight is 414 g/mol. The number of amides is 2. The zero-order valence-corrected chi connectivity index (χ0v) is 16.6. The van der Waals surface area contributed by atoms with E-state index < -0.39 is 0 Å². The molecule has 1 saturated heterocycles. The fourth-order valence-electron chi connectivity index (χ4n) is 3.14. The van der Waals surface area contributed by atoms with Crippen molar-refractivity contribution in [3.05, 3.63) is 36.2 Å². The minimum atomic E-state index is -0.129. The average Bonchev–Trinajstić information content (AvgIpc) is 2.66. The number of nitrogens with two attached hydrogens (primary N) is 1. The Kier molecular flexibility index (Phi) is 9.41. The number of rotatable bonds is 5. The third-order valence-electron chi connectivity index (χ3n) is 4.46. The van der Waals surface area contributed by atoms with E-state index in [2.05, 4.69) is 15.3 Å². The van der Waals surface area contributed by atoms with Crippen molar-refractivity contribution in [1.82, 2.24) is 20.2 Å². The molecule has 1 aliphatic rings. The summed E-state index contributed by atoms with van der Waals surface area (Å²) in [7, 11) is 0. The van der Waals surface area contributed by atoms with Gasteiger partial charge in [-0.3, -0.25) is 14.6 Å². The molecule has 1 aliphatic heterocycles. The van der Waals surface area contributed by atoms with Crippen LogP contribution in [0, 0.1) is 0 Å². The molecule has 9 heteroatoms. The van der Waals surface area contributed by atoms with Gasteiger partial charge in [0.15, 0.2) is 0 Å². The van der Waals surface area contributed by atoms with Gasteiger partial charge in [-0.2, -0.15) is 0 Å². The molecular formula is C18H25Cl2N5O2. The molecule has 0 saturated carbocycles. The number of likely N-dealkylation sites (tertiary alicyclic amines) is 1. The summed E-state index contributed by atoms with van der Waals surface area (Å²) in [6.07, 6.45) is 4.71. The maximum Gasteiger partial charge on any atom is 0.274 e. The topological polar surface area (TPSA) is 101 Å². The second-order valence-corrected chi connectivity index (χ2v) is 6.23. The maximum absolute atomic E-state index is 12.9. The number of carbonyl (C=O) groups is 2. The van der Waals surface area contributed by atoms with E-state index in [1.807, 2.05) is 29.2 Å². The first-order valence-electron chi connectivity index (χ1n) is 8.68. The third-order valence-corrected chi connectivity index (χ3v) is 4.46. The molecule has 1 aromatic carbocycles. The van der Waals surface area contributed by atoms with Crippen molar-refractivity contribution < 1.29 is 9.59 Å². The predicted octanol–water partition coefficient (Wildman–Crippen LogP) is 1.93. The van der Waals surface area contributed by atoms with Crippen LogP contribution in [0.1, 0.15) is 36.2 Å². The van der Waals surface area contributed by atoms with Crippen LogP contribution in [0.5, 0.6) is 0 Å². The number of benzene rings is 1. The lowest BCUT2D eigenvalue weighted by atomic mass is 10.0. The van der Waals surface area contributed by atoms with Crippen LogP contribution < -0.4 is 11.1 Å². The first-order valence-corrected chi connectivity index (χ1v) is 8.68. The SMILES string of the molecule is Cl.Cl.NCCC(=O)NCC1CCCCN1C(=O)c1cnc2ccccc2n1. The lowest BCUT2D eigenvalue weighted by Crippen LogP contribution is -2.49. The number of carbonyl (C=O) groups excluding carboxylic acids is 2. The van der Waals surface area contributed by atoms with Gasteiger partial charge in [-0.05, 0) is 31.4 Å². The van der Waals surface area contributed by atoms with Crippen molar-refractivity contribution in [3.63, 3.8) is 0 Å². The first kappa shape index (κ1) is 23.1. The van der Waals surface area contributed by atoms with E-state index in [-0.39, 0.29) is 42.7 Å². The number of para-hydroxylation sites is 2. The van der Waals surface area contributed by atoms with Crippen LogP contribution in [0.25, 0.3) is 11.0 Å². The Morgan fingerprint density at radius 3 is 2.67 bits per heavy atom. The third kappa shape index (κ3) is 5.76. The molecule has 0 bridgehead atoms. The van der Waals surface area contributed by atoms with E-state index in [0.29, 0.717) is 37.3 Å². The van der Waals surface area contributed by atoms with Gasteiger partial charge in [0.1, 0.15) is 5.69 Å². The van der Waals surface area contributed by atoms with Gasteiger partial charge in [0, 0.05) is 32.1 Å². The molecule has 7 nitrogen and oxygen atoms in total. The summed E-state index contributed by atoms with van der Waals surface area (Å²) >= 11 is 0. The Balaban J connectivity index is 0.00000182. The van der Waals surface area contributed by atoms with E-state index in [0.717, 1.165) is 24.8 Å². The number of nitrogens with zero attached hydrogens (tertiary/aromatic N) is 3. The van der Waals surface area contributed by atoms with Crippen LogP contribution in [0.15, 0.2) is 30.5 Å². The summed E-state index contributed by atoms with van der Waals surface area (Å²) in [5, 5.41) is 2.87. The molecule has 1 atom stereocenters. The Bertz CT molecular complexity index is 774. The largest absolute Gasteiger partial charge is 0.354 e. The van der Waals surface area contributed by atoms with Gasteiger partial charge in [-0.25, -0.2) is 4.98 Å². The number of hydrogen-bond donors (Lipinski definition) is 2. The van der Waals surface area contributed by atoms with E-state index in [4.69, 9.17) is 5.73 Å². The molecule has 0 radical (unpaired) electrons. The number of piperidine rings is 1. The van der Waals surface area contributed by atoms with Crippen molar-refractivity contribution >= 4 is 47.7 Å². The molecular weight excluding hydrogens is 389 g/mol. The molecule has 0 aliphatic carbocycles. The standard InChI is InChI=1S/C18H23N5O2.2ClH/c19-9-8-17(24)21-11-13-5-3-4-10-23(13)18(25)16-12-20-14-6-1-2-7-15(14)22-16;;/h1-2,6-7,12-13H,3-5,8-11,19H2,(H,21,24);2*1H. The Hall–Kier alpha value is -1.96. The summed E-state index contributed by atoms with van der Waals surface area (Å²) in [5.41, 5.74) is 7.21. The zero-order chi connectivity index (χ0) is 17.6. The predicted molar refractivity (Wildman–Crippen MR) is 109 cm³/mol. The first-order chi connectivity index (χ1) is 12.2. The van der Waals surface area contributed by atoms with Crippen LogP contribution in [0.4, 0.5) is 0 Å². The molecule has 2 amide bonds. The molecule has 3 N–H and O–H groups in total. The van der Waals surface area contributed by atoms with Gasteiger partial charge < -0.3 is 16.0 Å². The second-order valence-electron chi connectivity index (χ2n) is 6.23. The minimum Gasteiger partial charge on any atom is -0.354 e. The van der Waals surface area contributed by atoms with Crippen molar-refractivity contribution in [2.45, 2.75) is 31.7 Å². The summed E-state index contributed by atoms with van der Waals surface area (Å²) < 4.78 is 0. The lowest BCUT2D eigenvalue weighted by molar-refractivity contribution is -0.121. The van der Waals surface area contributed by atoms with Gasteiger partial charge in [-0.15, -0.1) is 24.8 Å². The number of hydrogen-bond acceptors (Lipinski definition) is 5. The van der Waals surface area contributed by atoms with Crippen molar-refractivity contribution in [3.8, 4) is 0 Å². The van der Waals surface area contributed by atoms with Crippen LogP contribution in [0.3, 0.4) is 0 Å². The highest BCUT2D eigenvalue weighted by Crippen LogP contribution is 2.19. The smallest absolute Gasteiger partial charge is 0.274 e. The molecule has 2 aromatic rings. The van der Waals surface area contributed by atoms with Crippen LogP contribution in [0.2, 0.25) is 0 Å². The van der Waals surface area contributed by atoms with Crippen LogP contribution >= 0.6 is 24.8 Å². The van der Waals surface area contributed by atoms with E-state index in [9.17, 15) is 9.59 Å². The molecule has 3 rings (SSSR count). The summed E-state index contributed by atoms with van der Waals surface area (Å²) in [4.78, 5) is 35.2. The van der Waals surface area contributed by atoms with E-state index >= 15 is 0 Å². The van der Waals surface area contributed by atoms with E-state index in [1.165, 1.54) is 6.20 Å². The van der Waals surface area contributed by atoms with Gasteiger partial charge in [0.2, 0.25) is 5.91 Å². The molecule has 1 fully saturated rings. The number of nitrogens with one attached hydrogen (secondary N) is 1. The maximum atomic E-state index is 12.9. The summed E-state index contributed by atoms with van der Waals surface area (Å²) in [5.74, 6) is -0.206. The second kappa shape index (κ2) is 11.0. The highest BCUT2D eigenvalue weighted by Gasteiger charge is 2.28. The molecule has 27 heavy (non-hydrogen) atoms. The van der Waals surface area contributed by atoms with Crippen molar-refractivity contribution in [2.24, 2.45) is 5.73 Å². The quantitative estimate of drug-likeness (QED) is 0.779.